The van der Waals surface area contributed by atoms with Crippen molar-refractivity contribution >= 4 is 46.6 Å². The monoisotopic (exact) mass is 425 g/mol. The molecule has 6 nitrogen and oxygen atoms in total. The smallest absolute Gasteiger partial charge is 0.234 e. The third-order valence-electron chi connectivity index (χ3n) is 3.60. The van der Waals surface area contributed by atoms with Gasteiger partial charge in [-0.15, -0.1) is 16.9 Å². The van der Waals surface area contributed by atoms with E-state index in [-0.39, 0.29) is 17.3 Å². The summed E-state index contributed by atoms with van der Waals surface area (Å²) in [6.07, 6.45) is 0. The highest BCUT2D eigenvalue weighted by molar-refractivity contribution is 7.99. The number of carbonyl (C=O) groups excluding carboxylic acids is 1. The molecule has 0 radical (unpaired) electrons. The minimum Gasteiger partial charge on any atom is -0.323 e. The number of carbonyl (C=O) groups is 1. The van der Waals surface area contributed by atoms with Gasteiger partial charge in [0.15, 0.2) is 5.82 Å². The summed E-state index contributed by atoms with van der Waals surface area (Å²) in [6, 6.07) is 9.48. The van der Waals surface area contributed by atoms with Crippen molar-refractivity contribution in [1.82, 2.24) is 20.2 Å². The fourth-order valence-corrected chi connectivity index (χ4v) is 3.68. The van der Waals surface area contributed by atoms with Crippen LogP contribution in [-0.4, -0.2) is 31.9 Å². The van der Waals surface area contributed by atoms with Gasteiger partial charge in [0.05, 0.1) is 17.1 Å². The molecule has 2 aromatic carbocycles. The Morgan fingerprint density at radius 3 is 2.78 bits per heavy atom. The molecule has 0 fully saturated rings. The molecule has 1 amide bonds. The first-order valence-electron chi connectivity index (χ1n) is 7.80. The number of aryl methyl sites for hydroxylation is 1. The van der Waals surface area contributed by atoms with Crippen LogP contribution in [0.3, 0.4) is 0 Å². The van der Waals surface area contributed by atoms with Crippen molar-refractivity contribution in [3.63, 3.8) is 0 Å². The predicted octanol–water partition coefficient (Wildman–Crippen LogP) is 4.29. The molecule has 1 aromatic heterocycles. The largest absolute Gasteiger partial charge is 0.323 e. The lowest BCUT2D eigenvalue weighted by Gasteiger charge is -2.09. The number of thioether (sulfide) groups is 1. The summed E-state index contributed by atoms with van der Waals surface area (Å²) in [4.78, 5) is 12.2. The lowest BCUT2D eigenvalue weighted by Crippen LogP contribution is -2.15. The van der Waals surface area contributed by atoms with Gasteiger partial charge < -0.3 is 5.32 Å². The van der Waals surface area contributed by atoms with E-state index in [4.69, 9.17) is 23.2 Å². The van der Waals surface area contributed by atoms with Gasteiger partial charge >= 0.3 is 0 Å². The second-order valence-corrected chi connectivity index (χ2v) is 7.41. The second-order valence-electron chi connectivity index (χ2n) is 5.58. The van der Waals surface area contributed by atoms with Crippen molar-refractivity contribution in [2.24, 2.45) is 0 Å². The molecule has 0 aliphatic heterocycles. The van der Waals surface area contributed by atoms with Gasteiger partial charge in [-0.2, -0.15) is 4.68 Å². The molecule has 0 bridgehead atoms. The third kappa shape index (κ3) is 4.97. The van der Waals surface area contributed by atoms with Crippen LogP contribution < -0.4 is 5.32 Å². The van der Waals surface area contributed by atoms with Crippen molar-refractivity contribution in [3.05, 3.63) is 63.6 Å². The van der Waals surface area contributed by atoms with Crippen LogP contribution in [-0.2, 0) is 10.5 Å². The highest BCUT2D eigenvalue weighted by Crippen LogP contribution is 2.25. The molecule has 0 aliphatic carbocycles. The topological polar surface area (TPSA) is 72.7 Å². The maximum atomic E-state index is 14.0. The van der Waals surface area contributed by atoms with E-state index in [1.165, 1.54) is 34.6 Å². The van der Waals surface area contributed by atoms with E-state index in [1.807, 2.05) is 6.07 Å². The molecule has 140 valence electrons. The quantitative estimate of drug-likeness (QED) is 0.637. The number of hydrogen-bond acceptors (Lipinski definition) is 5. The van der Waals surface area contributed by atoms with E-state index in [9.17, 15) is 9.18 Å². The van der Waals surface area contributed by atoms with Gasteiger partial charge in [-0.1, -0.05) is 29.3 Å². The van der Waals surface area contributed by atoms with Crippen LogP contribution >= 0.6 is 35.0 Å². The molecule has 0 saturated heterocycles. The Hall–Kier alpha value is -2.16. The number of halogens is 3. The Labute approximate surface area is 169 Å². The first kappa shape index (κ1) is 19.6. The van der Waals surface area contributed by atoms with E-state index in [2.05, 4.69) is 20.8 Å². The number of nitrogens with one attached hydrogen (secondary N) is 1. The Morgan fingerprint density at radius 1 is 1.26 bits per heavy atom. The molecule has 27 heavy (non-hydrogen) atoms. The molecule has 10 heteroatoms. The van der Waals surface area contributed by atoms with Gasteiger partial charge in [-0.25, -0.2) is 4.39 Å². The van der Waals surface area contributed by atoms with Crippen LogP contribution in [0.25, 0.3) is 5.69 Å². The van der Waals surface area contributed by atoms with E-state index >= 15 is 0 Å². The maximum Gasteiger partial charge on any atom is 0.234 e. The lowest BCUT2D eigenvalue weighted by atomic mass is 10.2. The number of benzene rings is 2. The molecule has 1 heterocycles. The second kappa shape index (κ2) is 8.69. The number of amides is 1. The molecular formula is C17H14Cl2FN5OS. The summed E-state index contributed by atoms with van der Waals surface area (Å²) in [5.74, 6) is 0.370. The van der Waals surface area contributed by atoms with Crippen molar-refractivity contribution in [2.75, 3.05) is 11.1 Å². The number of anilines is 1. The minimum atomic E-state index is -0.538. The average Bonchev–Trinajstić information content (AvgIpc) is 3.05. The summed E-state index contributed by atoms with van der Waals surface area (Å²) in [5, 5.41) is 14.8. The highest BCUT2D eigenvalue weighted by Gasteiger charge is 2.11. The molecule has 3 rings (SSSR count). The number of hydrogen-bond donors (Lipinski definition) is 1. The fraction of sp³-hybridized carbons (Fsp3) is 0.176. The standard InChI is InChI=1S/C17H14Cl2FN5OS/c1-10-22-23-24-25(10)13-4-5-15(20)16(7-13)21-17(26)9-27-8-11-2-3-12(18)6-14(11)19/h2-7H,8-9H2,1H3,(H,21,26). The molecule has 1 N–H and O–H groups in total. The van der Waals surface area contributed by atoms with Crippen LogP contribution in [0, 0.1) is 12.7 Å². The van der Waals surface area contributed by atoms with Crippen LogP contribution in [0.4, 0.5) is 10.1 Å². The number of nitrogens with zero attached hydrogens (tertiary/aromatic N) is 4. The molecule has 3 aromatic rings. The lowest BCUT2D eigenvalue weighted by molar-refractivity contribution is -0.113. The highest BCUT2D eigenvalue weighted by atomic mass is 35.5. The Bertz CT molecular complexity index is 982. The Balaban J connectivity index is 1.61. The zero-order valence-electron chi connectivity index (χ0n) is 14.1. The molecule has 0 spiro atoms. The Kier molecular flexibility index (Phi) is 6.30. The normalized spacial score (nSPS) is 10.8. The SMILES string of the molecule is Cc1nnnn1-c1ccc(F)c(NC(=O)CSCc2ccc(Cl)cc2Cl)c1. The zero-order valence-corrected chi connectivity index (χ0v) is 16.4. The van der Waals surface area contributed by atoms with Crippen LogP contribution in [0.1, 0.15) is 11.4 Å². The van der Waals surface area contributed by atoms with Crippen LogP contribution in [0.15, 0.2) is 36.4 Å². The van der Waals surface area contributed by atoms with E-state index in [0.717, 1.165) is 5.56 Å². The first-order valence-corrected chi connectivity index (χ1v) is 9.71. The fourth-order valence-electron chi connectivity index (χ4n) is 2.29. The van der Waals surface area contributed by atoms with E-state index in [1.54, 1.807) is 19.1 Å². The van der Waals surface area contributed by atoms with Gasteiger partial charge in [-0.05, 0) is 53.2 Å². The summed E-state index contributed by atoms with van der Waals surface area (Å²) in [6.45, 7) is 1.72. The van der Waals surface area contributed by atoms with Gasteiger partial charge in [0.2, 0.25) is 5.91 Å². The van der Waals surface area contributed by atoms with Gasteiger partial charge in [0.25, 0.3) is 0 Å². The molecule has 0 saturated carbocycles. The number of tetrazole rings is 1. The Morgan fingerprint density at radius 2 is 2.07 bits per heavy atom. The van der Waals surface area contributed by atoms with E-state index in [0.29, 0.717) is 27.3 Å². The predicted molar refractivity (Wildman–Crippen MR) is 105 cm³/mol. The van der Waals surface area contributed by atoms with Crippen molar-refractivity contribution in [3.8, 4) is 5.69 Å². The van der Waals surface area contributed by atoms with Crippen molar-refractivity contribution in [1.29, 1.82) is 0 Å². The maximum absolute atomic E-state index is 14.0. The summed E-state index contributed by atoms with van der Waals surface area (Å²) < 4.78 is 15.5. The first-order chi connectivity index (χ1) is 12.9. The molecule has 0 aliphatic rings. The minimum absolute atomic E-state index is 0.0672. The van der Waals surface area contributed by atoms with Gasteiger partial charge in [0.1, 0.15) is 5.82 Å². The van der Waals surface area contributed by atoms with Crippen LogP contribution in [0.5, 0.6) is 0 Å². The molecule has 0 atom stereocenters. The zero-order chi connectivity index (χ0) is 19.4. The summed E-state index contributed by atoms with van der Waals surface area (Å²) >= 11 is 13.3. The third-order valence-corrected chi connectivity index (χ3v) is 5.17. The number of rotatable bonds is 6. The van der Waals surface area contributed by atoms with Crippen LogP contribution in [0.2, 0.25) is 10.0 Å². The summed E-state index contributed by atoms with van der Waals surface area (Å²) in [7, 11) is 0. The van der Waals surface area contributed by atoms with Crippen molar-refractivity contribution < 1.29 is 9.18 Å². The summed E-state index contributed by atoms with van der Waals surface area (Å²) in [5.41, 5.74) is 1.49. The molecular weight excluding hydrogens is 412 g/mol. The molecule has 0 unspecified atom stereocenters. The van der Waals surface area contributed by atoms with Gasteiger partial charge in [-0.3, -0.25) is 4.79 Å². The average molecular weight is 426 g/mol. The number of aromatic nitrogens is 4. The van der Waals surface area contributed by atoms with Gasteiger partial charge in [0, 0.05) is 15.8 Å². The van der Waals surface area contributed by atoms with E-state index < -0.39 is 5.82 Å². The van der Waals surface area contributed by atoms with Crippen molar-refractivity contribution in [2.45, 2.75) is 12.7 Å².